The number of H-pyrrole nitrogens is 1. The first kappa shape index (κ1) is 13.6. The van der Waals surface area contributed by atoms with E-state index < -0.39 is 17.8 Å². The Balaban J connectivity index is 2.01. The van der Waals surface area contributed by atoms with E-state index in [-0.39, 0.29) is 5.75 Å². The van der Waals surface area contributed by atoms with Crippen LogP contribution in [0.15, 0.2) is 18.2 Å². The number of carboxylic acid groups (broad SMARTS) is 1. The van der Waals surface area contributed by atoms with Crippen LogP contribution >= 0.6 is 0 Å². The lowest BCUT2D eigenvalue weighted by atomic mass is 10.1. The van der Waals surface area contributed by atoms with Crippen LogP contribution in [0.3, 0.4) is 0 Å². The van der Waals surface area contributed by atoms with E-state index in [2.05, 4.69) is 15.3 Å². The number of nitrogens with one attached hydrogen (secondary N) is 2. The van der Waals surface area contributed by atoms with Crippen LogP contribution in [0.25, 0.3) is 11.4 Å². The van der Waals surface area contributed by atoms with E-state index in [4.69, 9.17) is 4.74 Å². The highest BCUT2D eigenvalue weighted by Gasteiger charge is 2.29. The second-order valence-corrected chi connectivity index (χ2v) is 4.77. The second kappa shape index (κ2) is 5.17. The van der Waals surface area contributed by atoms with Crippen molar-refractivity contribution in [2.75, 3.05) is 13.7 Å². The number of aliphatic carboxylic acids is 1. The Kier molecular flexibility index (Phi) is 3.34. The number of hydrogen-bond acceptors (Lipinski definition) is 4. The molecule has 1 aliphatic rings. The molecule has 2 aromatic rings. The molecule has 21 heavy (non-hydrogen) atoms. The number of hydrogen-bond donors (Lipinski definition) is 3. The summed E-state index contributed by atoms with van der Waals surface area (Å²) < 4.78 is 18.6. The summed E-state index contributed by atoms with van der Waals surface area (Å²) in [6, 6.07) is 3.67. The van der Waals surface area contributed by atoms with E-state index in [1.807, 2.05) is 0 Å². The monoisotopic (exact) mass is 291 g/mol. The predicted octanol–water partition coefficient (Wildman–Crippen LogP) is 1.50. The quantitative estimate of drug-likeness (QED) is 0.797. The zero-order valence-electron chi connectivity index (χ0n) is 11.3. The van der Waals surface area contributed by atoms with Gasteiger partial charge in [-0.15, -0.1) is 0 Å². The number of methoxy groups -OCH3 is 1. The predicted molar refractivity (Wildman–Crippen MR) is 72.6 cm³/mol. The first-order valence-electron chi connectivity index (χ1n) is 6.49. The van der Waals surface area contributed by atoms with Gasteiger partial charge in [0.1, 0.15) is 5.82 Å². The fourth-order valence-corrected chi connectivity index (χ4v) is 2.45. The molecule has 1 atom stereocenters. The molecule has 1 unspecified atom stereocenters. The third-order valence-electron chi connectivity index (χ3n) is 3.48. The van der Waals surface area contributed by atoms with Crippen molar-refractivity contribution in [3.8, 4) is 17.1 Å². The van der Waals surface area contributed by atoms with E-state index in [0.29, 0.717) is 30.0 Å². The molecule has 110 valence electrons. The minimum Gasteiger partial charge on any atom is -0.494 e. The van der Waals surface area contributed by atoms with Gasteiger partial charge in [0.05, 0.1) is 12.8 Å². The normalized spacial score (nSPS) is 17.3. The lowest BCUT2D eigenvalue weighted by molar-refractivity contribution is -0.139. The van der Waals surface area contributed by atoms with Crippen LogP contribution in [0.4, 0.5) is 4.39 Å². The van der Waals surface area contributed by atoms with Gasteiger partial charge in [-0.2, -0.15) is 0 Å². The number of aromatic nitrogens is 2. The van der Waals surface area contributed by atoms with Crippen LogP contribution in [0.1, 0.15) is 17.4 Å². The van der Waals surface area contributed by atoms with Crippen molar-refractivity contribution in [1.29, 1.82) is 0 Å². The number of imidazole rings is 1. The standard InChI is InChI=1S/C14H14FN3O3/c1-21-10-3-2-7(6-8(10)15)13-17-9-4-5-16-12(14(19)20)11(9)18-13/h2-3,6,12,16H,4-5H2,1H3,(H,17,18)(H,19,20). The molecule has 1 aliphatic heterocycles. The van der Waals surface area contributed by atoms with Crippen molar-refractivity contribution in [2.45, 2.75) is 12.5 Å². The van der Waals surface area contributed by atoms with E-state index in [1.54, 1.807) is 6.07 Å². The Morgan fingerprint density at radius 2 is 2.33 bits per heavy atom. The Bertz CT molecular complexity index is 699. The number of ether oxygens (including phenoxy) is 1. The zero-order chi connectivity index (χ0) is 15.0. The number of carboxylic acids is 1. The number of benzene rings is 1. The Morgan fingerprint density at radius 1 is 1.52 bits per heavy atom. The third kappa shape index (κ3) is 2.36. The SMILES string of the molecule is COc1ccc(-c2nc3c([nH]2)CCNC3C(=O)O)cc1F. The van der Waals surface area contributed by atoms with E-state index in [0.717, 1.165) is 5.69 Å². The van der Waals surface area contributed by atoms with Crippen LogP contribution in [0.2, 0.25) is 0 Å². The van der Waals surface area contributed by atoms with Gasteiger partial charge in [-0.05, 0) is 18.2 Å². The minimum atomic E-state index is -0.977. The number of rotatable bonds is 3. The summed E-state index contributed by atoms with van der Waals surface area (Å²) >= 11 is 0. The van der Waals surface area contributed by atoms with Crippen LogP contribution < -0.4 is 10.1 Å². The molecule has 0 fully saturated rings. The number of carbonyl (C=O) groups is 1. The van der Waals surface area contributed by atoms with Gasteiger partial charge in [0.25, 0.3) is 0 Å². The first-order valence-corrected chi connectivity index (χ1v) is 6.49. The maximum absolute atomic E-state index is 13.8. The fraction of sp³-hybridized carbons (Fsp3) is 0.286. The van der Waals surface area contributed by atoms with Gasteiger partial charge in [-0.25, -0.2) is 9.37 Å². The molecule has 3 N–H and O–H groups in total. The average molecular weight is 291 g/mol. The maximum atomic E-state index is 13.8. The third-order valence-corrected chi connectivity index (χ3v) is 3.48. The van der Waals surface area contributed by atoms with E-state index >= 15 is 0 Å². The van der Waals surface area contributed by atoms with E-state index in [9.17, 15) is 14.3 Å². The first-order chi connectivity index (χ1) is 10.1. The van der Waals surface area contributed by atoms with Crippen LogP contribution in [0, 0.1) is 5.82 Å². The van der Waals surface area contributed by atoms with Crippen LogP contribution in [0.5, 0.6) is 5.75 Å². The van der Waals surface area contributed by atoms with Gasteiger partial charge < -0.3 is 14.8 Å². The Labute approximate surface area is 120 Å². The molecule has 1 aromatic carbocycles. The average Bonchev–Trinajstić information content (AvgIpc) is 2.90. The number of aromatic amines is 1. The fourth-order valence-electron chi connectivity index (χ4n) is 2.45. The molecule has 7 heteroatoms. The number of halogens is 1. The molecule has 0 saturated carbocycles. The summed E-state index contributed by atoms with van der Waals surface area (Å²) in [6.07, 6.45) is 0.657. The van der Waals surface area contributed by atoms with Gasteiger partial charge in [0.2, 0.25) is 0 Å². The van der Waals surface area contributed by atoms with Crippen molar-refractivity contribution < 1.29 is 19.0 Å². The molecule has 0 aliphatic carbocycles. The number of nitrogens with zero attached hydrogens (tertiary/aromatic N) is 1. The number of fused-ring (bicyclic) bond motifs is 1. The summed E-state index contributed by atoms with van der Waals surface area (Å²) in [5.74, 6) is -0.858. The molecule has 6 nitrogen and oxygen atoms in total. The topological polar surface area (TPSA) is 87.2 Å². The smallest absolute Gasteiger partial charge is 0.327 e. The highest BCUT2D eigenvalue weighted by atomic mass is 19.1. The molecule has 0 saturated heterocycles. The second-order valence-electron chi connectivity index (χ2n) is 4.77. The summed E-state index contributed by atoms with van der Waals surface area (Å²) in [6.45, 7) is 0.558. The van der Waals surface area contributed by atoms with Crippen molar-refractivity contribution in [3.05, 3.63) is 35.4 Å². The van der Waals surface area contributed by atoms with Crippen molar-refractivity contribution in [2.24, 2.45) is 0 Å². The lowest BCUT2D eigenvalue weighted by Crippen LogP contribution is -2.35. The largest absolute Gasteiger partial charge is 0.494 e. The molecular weight excluding hydrogens is 277 g/mol. The zero-order valence-corrected chi connectivity index (χ0v) is 11.3. The summed E-state index contributed by atoms with van der Waals surface area (Å²) in [5.41, 5.74) is 1.78. The minimum absolute atomic E-state index is 0.153. The van der Waals surface area contributed by atoms with Crippen molar-refractivity contribution in [3.63, 3.8) is 0 Å². The molecule has 0 bridgehead atoms. The summed E-state index contributed by atoms with van der Waals surface area (Å²) in [4.78, 5) is 18.6. The van der Waals surface area contributed by atoms with Crippen molar-refractivity contribution >= 4 is 5.97 Å². The van der Waals surface area contributed by atoms with Gasteiger partial charge in [-0.1, -0.05) is 0 Å². The lowest BCUT2D eigenvalue weighted by Gasteiger charge is -2.18. The molecule has 1 aromatic heterocycles. The molecule has 0 amide bonds. The highest BCUT2D eigenvalue weighted by molar-refractivity contribution is 5.76. The van der Waals surface area contributed by atoms with Crippen LogP contribution in [-0.2, 0) is 11.2 Å². The summed E-state index contributed by atoms with van der Waals surface area (Å²) in [5, 5.41) is 12.1. The highest BCUT2D eigenvalue weighted by Crippen LogP contribution is 2.28. The molecular formula is C14H14FN3O3. The Morgan fingerprint density at radius 3 is 3.00 bits per heavy atom. The molecule has 0 spiro atoms. The van der Waals surface area contributed by atoms with Gasteiger partial charge >= 0.3 is 5.97 Å². The summed E-state index contributed by atoms with van der Waals surface area (Å²) in [7, 11) is 1.40. The van der Waals surface area contributed by atoms with Crippen molar-refractivity contribution in [1.82, 2.24) is 15.3 Å². The van der Waals surface area contributed by atoms with Crippen LogP contribution in [-0.4, -0.2) is 34.7 Å². The molecule has 2 heterocycles. The van der Waals surface area contributed by atoms with Gasteiger partial charge in [0, 0.05) is 24.2 Å². The van der Waals surface area contributed by atoms with E-state index in [1.165, 1.54) is 19.2 Å². The molecule has 0 radical (unpaired) electrons. The maximum Gasteiger partial charge on any atom is 0.327 e. The van der Waals surface area contributed by atoms with Gasteiger partial charge in [0.15, 0.2) is 17.6 Å². The molecule has 3 rings (SSSR count). The van der Waals surface area contributed by atoms with Gasteiger partial charge in [-0.3, -0.25) is 10.1 Å². The Hall–Kier alpha value is -2.41.